The van der Waals surface area contributed by atoms with Gasteiger partial charge in [-0.1, -0.05) is 49.4 Å². The van der Waals surface area contributed by atoms with E-state index in [-0.39, 0.29) is 37.8 Å². The maximum Gasteiger partial charge on any atom is 0.302 e. The number of ether oxygens (including phenoxy) is 2. The number of Topliss-reactive ketones (excluding diaryl/α,β-unsaturated/α-hetero) is 1. The van der Waals surface area contributed by atoms with Crippen LogP contribution in [0.4, 0.5) is 13.2 Å². The van der Waals surface area contributed by atoms with Gasteiger partial charge in [-0.15, -0.1) is 13.2 Å². The molecular formula is C33H33F3N2O6. The van der Waals surface area contributed by atoms with E-state index >= 15 is 0 Å². The molecule has 1 amide bonds. The molecule has 0 aliphatic heterocycles. The Labute approximate surface area is 252 Å². The molecule has 2 atom stereocenters. The third-order valence-electron chi connectivity index (χ3n) is 6.68. The van der Waals surface area contributed by atoms with Gasteiger partial charge in [-0.2, -0.15) is 0 Å². The second kappa shape index (κ2) is 15.5. The van der Waals surface area contributed by atoms with Crippen molar-refractivity contribution in [3.05, 3.63) is 124 Å². The van der Waals surface area contributed by atoms with E-state index in [2.05, 4.69) is 18.5 Å². The predicted octanol–water partition coefficient (Wildman–Crippen LogP) is 5.53. The number of hydrogen-bond donors (Lipinski definition) is 1. The zero-order valence-electron chi connectivity index (χ0n) is 24.4. The van der Waals surface area contributed by atoms with Crippen molar-refractivity contribution >= 4 is 17.7 Å². The summed E-state index contributed by atoms with van der Waals surface area (Å²) < 4.78 is 54.2. The van der Waals surface area contributed by atoms with Gasteiger partial charge in [0.25, 0.3) is 5.91 Å². The molecule has 3 aromatic rings. The second-order valence-electron chi connectivity index (χ2n) is 10.1. The number of ketones is 1. The van der Waals surface area contributed by atoms with Gasteiger partial charge < -0.3 is 19.4 Å². The number of esters is 1. The van der Waals surface area contributed by atoms with Gasteiger partial charge in [0.2, 0.25) is 5.43 Å². The first-order valence-electron chi connectivity index (χ1n) is 13.7. The lowest BCUT2D eigenvalue weighted by molar-refractivity contribution is -0.141. The van der Waals surface area contributed by atoms with Gasteiger partial charge in [-0.3, -0.25) is 19.2 Å². The average Bonchev–Trinajstić information content (AvgIpc) is 2.98. The lowest BCUT2D eigenvalue weighted by Gasteiger charge is -2.22. The number of nitrogens with one attached hydrogen (secondary N) is 1. The van der Waals surface area contributed by atoms with Crippen molar-refractivity contribution < 1.29 is 37.0 Å². The number of aromatic nitrogens is 1. The number of nitrogens with zero attached hydrogens (tertiary/aromatic N) is 1. The highest BCUT2D eigenvalue weighted by Crippen LogP contribution is 2.23. The van der Waals surface area contributed by atoms with Crippen molar-refractivity contribution in [2.75, 3.05) is 6.61 Å². The van der Waals surface area contributed by atoms with Crippen LogP contribution in [0, 0.1) is 29.3 Å². The van der Waals surface area contributed by atoms with Crippen molar-refractivity contribution in [2.45, 2.75) is 40.0 Å². The van der Waals surface area contributed by atoms with E-state index in [0.717, 1.165) is 6.20 Å². The van der Waals surface area contributed by atoms with E-state index in [1.54, 1.807) is 43.3 Å². The summed E-state index contributed by atoms with van der Waals surface area (Å²) in [6.07, 6.45) is 4.17. The molecule has 2 aromatic carbocycles. The van der Waals surface area contributed by atoms with Crippen molar-refractivity contribution in [3.63, 3.8) is 0 Å². The van der Waals surface area contributed by atoms with Crippen LogP contribution in [0.5, 0.6) is 5.75 Å². The van der Waals surface area contributed by atoms with Crippen molar-refractivity contribution in [1.29, 1.82) is 0 Å². The molecule has 0 saturated carbocycles. The SMILES string of the molecule is C=C[C@H](COC(C)=O)Cn1cc(C(=O)NCc2c(F)cc(F)cc2F)c(=O)c(OCc2ccccc2)c1C(=O)C[C@@H](C)C=C. The van der Waals surface area contributed by atoms with Gasteiger partial charge in [0.05, 0.1) is 6.61 Å². The van der Waals surface area contributed by atoms with E-state index in [0.29, 0.717) is 17.7 Å². The first kappa shape index (κ1) is 33.6. The highest BCUT2D eigenvalue weighted by Gasteiger charge is 2.27. The molecule has 0 unspecified atom stereocenters. The van der Waals surface area contributed by atoms with E-state index < -0.39 is 69.9 Å². The van der Waals surface area contributed by atoms with Gasteiger partial charge in [-0.05, 0) is 11.5 Å². The minimum absolute atomic E-state index is 0.0397. The molecule has 0 spiro atoms. The second-order valence-corrected chi connectivity index (χ2v) is 10.1. The summed E-state index contributed by atoms with van der Waals surface area (Å²) >= 11 is 0. The highest BCUT2D eigenvalue weighted by atomic mass is 19.1. The third-order valence-corrected chi connectivity index (χ3v) is 6.68. The molecule has 0 fully saturated rings. The van der Waals surface area contributed by atoms with Crippen LogP contribution in [0.15, 0.2) is 78.8 Å². The average molecular weight is 611 g/mol. The number of allylic oxidation sites excluding steroid dienone is 1. The zero-order chi connectivity index (χ0) is 32.4. The van der Waals surface area contributed by atoms with Gasteiger partial charge in [0.1, 0.15) is 35.3 Å². The number of halogens is 3. The number of rotatable bonds is 15. The van der Waals surface area contributed by atoms with Crippen LogP contribution in [0.1, 0.15) is 52.2 Å². The third kappa shape index (κ3) is 8.79. The predicted molar refractivity (Wildman–Crippen MR) is 158 cm³/mol. The summed E-state index contributed by atoms with van der Waals surface area (Å²) in [4.78, 5) is 52.1. The molecule has 8 nitrogen and oxygen atoms in total. The Morgan fingerprint density at radius 3 is 2.30 bits per heavy atom. The summed E-state index contributed by atoms with van der Waals surface area (Å²) in [5, 5.41) is 2.28. The monoisotopic (exact) mass is 610 g/mol. The molecule has 0 saturated heterocycles. The number of benzene rings is 2. The minimum Gasteiger partial charge on any atom is -0.483 e. The quantitative estimate of drug-likeness (QED) is 0.138. The Balaban J connectivity index is 2.13. The largest absolute Gasteiger partial charge is 0.483 e. The molecule has 1 heterocycles. The van der Waals surface area contributed by atoms with Crippen molar-refractivity contribution in [2.24, 2.45) is 11.8 Å². The molecule has 0 radical (unpaired) electrons. The summed E-state index contributed by atoms with van der Waals surface area (Å²) in [5.74, 6) is -6.84. The van der Waals surface area contributed by atoms with Gasteiger partial charge in [0.15, 0.2) is 11.5 Å². The molecule has 11 heteroatoms. The van der Waals surface area contributed by atoms with Gasteiger partial charge >= 0.3 is 5.97 Å². The van der Waals surface area contributed by atoms with Crippen LogP contribution >= 0.6 is 0 Å². The van der Waals surface area contributed by atoms with Gasteiger partial charge in [-0.25, -0.2) is 13.2 Å². The first-order chi connectivity index (χ1) is 20.9. The Hall–Kier alpha value is -4.93. The standard InChI is InChI=1S/C33H33F3N2O6/c1-5-20(3)12-29(40)30-32(44-19-23-10-8-7-9-11-23)31(41)26(17-38(30)16-22(6-2)18-43-21(4)39)33(42)37-15-25-27(35)13-24(34)14-28(25)36/h5-11,13-14,17,20,22H,1-2,12,15-16,18-19H2,3-4H3,(H,37,42)/t20-,22-/m0/s1. The Morgan fingerprint density at radius 2 is 1.70 bits per heavy atom. The van der Waals surface area contributed by atoms with E-state index in [1.807, 2.05) is 0 Å². The molecule has 3 rings (SSSR count). The van der Waals surface area contributed by atoms with Crippen LogP contribution in [-0.4, -0.2) is 28.8 Å². The summed E-state index contributed by atoms with van der Waals surface area (Å²) in [6.45, 7) is 9.48. The molecule has 1 N–H and O–H groups in total. The van der Waals surface area contributed by atoms with Crippen LogP contribution in [0.25, 0.3) is 0 Å². The van der Waals surface area contributed by atoms with Crippen LogP contribution in [0.3, 0.4) is 0 Å². The summed E-state index contributed by atoms with van der Waals surface area (Å²) in [7, 11) is 0. The van der Waals surface area contributed by atoms with Gasteiger partial charge in [0, 0.05) is 56.2 Å². The smallest absolute Gasteiger partial charge is 0.302 e. The van der Waals surface area contributed by atoms with Crippen LogP contribution in [-0.2, 0) is 29.2 Å². The fourth-order valence-electron chi connectivity index (χ4n) is 4.25. The van der Waals surface area contributed by atoms with E-state index in [4.69, 9.17) is 9.47 Å². The van der Waals surface area contributed by atoms with Crippen LogP contribution < -0.4 is 15.5 Å². The van der Waals surface area contributed by atoms with Crippen LogP contribution in [0.2, 0.25) is 0 Å². The number of amides is 1. The number of pyridine rings is 1. The maximum absolute atomic E-state index is 14.2. The van der Waals surface area contributed by atoms with Crippen molar-refractivity contribution in [1.82, 2.24) is 9.88 Å². The Kier molecular flexibility index (Phi) is 11.8. The lowest BCUT2D eigenvalue weighted by Crippen LogP contribution is -2.33. The van der Waals surface area contributed by atoms with E-state index in [1.165, 1.54) is 17.6 Å². The molecule has 0 bridgehead atoms. The first-order valence-corrected chi connectivity index (χ1v) is 13.7. The lowest BCUT2D eigenvalue weighted by atomic mass is 10.0. The topological polar surface area (TPSA) is 104 Å². The molecular weight excluding hydrogens is 577 g/mol. The molecule has 232 valence electrons. The van der Waals surface area contributed by atoms with E-state index in [9.17, 15) is 32.3 Å². The minimum atomic E-state index is -1.22. The number of hydrogen-bond acceptors (Lipinski definition) is 6. The molecule has 0 aliphatic rings. The fraction of sp³-hybridized carbons (Fsp3) is 0.273. The number of carbonyl (C=O) groups is 3. The molecule has 1 aromatic heterocycles. The fourth-order valence-corrected chi connectivity index (χ4v) is 4.25. The number of carbonyl (C=O) groups excluding carboxylic acids is 3. The maximum atomic E-state index is 14.2. The summed E-state index contributed by atoms with van der Waals surface area (Å²) in [6, 6.07) is 9.74. The summed E-state index contributed by atoms with van der Waals surface area (Å²) in [5.41, 5.74) is -1.48. The molecule has 44 heavy (non-hydrogen) atoms. The van der Waals surface area contributed by atoms with Crippen molar-refractivity contribution in [3.8, 4) is 5.75 Å². The zero-order valence-corrected chi connectivity index (χ0v) is 24.4. The Morgan fingerprint density at radius 1 is 1.05 bits per heavy atom. The molecule has 0 aliphatic carbocycles. The Bertz CT molecular complexity index is 1580. The normalized spacial score (nSPS) is 12.1. The highest BCUT2D eigenvalue weighted by molar-refractivity contribution is 6.00.